The average Bonchev–Trinajstić information content (AvgIpc) is 3.06. The Morgan fingerprint density at radius 1 is 1.18 bits per heavy atom. The van der Waals surface area contributed by atoms with Crippen LogP contribution in [0.3, 0.4) is 0 Å². The molecular weight excluding hydrogens is 452 g/mol. The van der Waals surface area contributed by atoms with Crippen LogP contribution in [-0.2, 0) is 25.9 Å². The Morgan fingerprint density at radius 3 is 2.59 bits per heavy atom. The normalized spacial score (nSPS) is 41.6. The molecule has 4 aliphatic carbocycles. The van der Waals surface area contributed by atoms with Gasteiger partial charge >= 0.3 is 0 Å². The highest BCUT2D eigenvalue weighted by molar-refractivity contribution is 7.90. The predicted molar refractivity (Wildman–Crippen MR) is 128 cm³/mol. The van der Waals surface area contributed by atoms with Crippen LogP contribution in [0, 0.1) is 35.0 Å². The number of sulfone groups is 1. The van der Waals surface area contributed by atoms with Gasteiger partial charge in [0.05, 0.1) is 24.4 Å². The van der Waals surface area contributed by atoms with Gasteiger partial charge in [0, 0.05) is 31.4 Å². The van der Waals surface area contributed by atoms with E-state index in [-0.39, 0.29) is 34.7 Å². The van der Waals surface area contributed by atoms with Crippen LogP contribution in [0.4, 0.5) is 0 Å². The van der Waals surface area contributed by atoms with Crippen molar-refractivity contribution in [2.24, 2.45) is 35.0 Å². The molecule has 1 aromatic rings. The van der Waals surface area contributed by atoms with Crippen LogP contribution in [0.25, 0.3) is 0 Å². The molecule has 1 heterocycles. The highest BCUT2D eigenvalue weighted by Crippen LogP contribution is 2.61. The van der Waals surface area contributed by atoms with E-state index < -0.39 is 15.4 Å². The zero-order valence-electron chi connectivity index (χ0n) is 20.8. The minimum atomic E-state index is -3.32. The first kappa shape index (κ1) is 24.4. The fourth-order valence-corrected chi connectivity index (χ4v) is 8.98. The summed E-state index contributed by atoms with van der Waals surface area (Å²) in [6.07, 6.45) is 15.0. The summed E-state index contributed by atoms with van der Waals surface area (Å²) in [6.45, 7) is 2.47. The monoisotopic (exact) mass is 492 g/mol. The van der Waals surface area contributed by atoms with Crippen molar-refractivity contribution in [2.45, 2.75) is 94.3 Å². The van der Waals surface area contributed by atoms with Gasteiger partial charge in [-0.15, -0.1) is 0 Å². The third-order valence-electron chi connectivity index (χ3n) is 10.1. The van der Waals surface area contributed by atoms with Gasteiger partial charge in [0.15, 0.2) is 15.6 Å². The van der Waals surface area contributed by atoms with E-state index in [0.29, 0.717) is 23.7 Å². The molecule has 5 rings (SSSR count). The van der Waals surface area contributed by atoms with Gasteiger partial charge in [-0.2, -0.15) is 5.10 Å². The number of fused-ring (bicyclic) bond motifs is 2. The van der Waals surface area contributed by atoms with Gasteiger partial charge in [-0.05, 0) is 68.1 Å². The van der Waals surface area contributed by atoms with E-state index >= 15 is 0 Å². The predicted octanol–water partition coefficient (Wildman–Crippen LogP) is 3.64. The number of ketones is 1. The van der Waals surface area contributed by atoms with E-state index in [0.717, 1.165) is 44.8 Å². The number of hydrogen-bond acceptors (Lipinski definition) is 6. The molecule has 0 aromatic carbocycles. The van der Waals surface area contributed by atoms with Crippen LogP contribution in [0.15, 0.2) is 17.3 Å². The summed E-state index contributed by atoms with van der Waals surface area (Å²) < 4.78 is 30.6. The molecule has 8 heteroatoms. The zero-order valence-corrected chi connectivity index (χ0v) is 21.6. The number of Topliss-reactive ketones (excluding diaryl/α,β-unsaturated/α-hetero) is 1. The van der Waals surface area contributed by atoms with Gasteiger partial charge < -0.3 is 9.84 Å². The summed E-state index contributed by atoms with van der Waals surface area (Å²) in [5.74, 6) is 2.29. The number of aromatic nitrogens is 2. The molecule has 8 unspecified atom stereocenters. The van der Waals surface area contributed by atoms with E-state index in [2.05, 4.69) is 12.0 Å². The van der Waals surface area contributed by atoms with E-state index in [1.807, 2.05) is 0 Å². The van der Waals surface area contributed by atoms with Gasteiger partial charge in [0.2, 0.25) is 0 Å². The number of methoxy groups -OCH3 is 1. The molecule has 0 aliphatic heterocycles. The lowest BCUT2D eigenvalue weighted by atomic mass is 9.59. The first-order valence-electron chi connectivity index (χ1n) is 13.1. The number of nitrogens with zero attached hydrogens (tertiary/aromatic N) is 2. The Hall–Kier alpha value is -1.25. The molecule has 0 bridgehead atoms. The Kier molecular flexibility index (Phi) is 6.25. The number of rotatable bonds is 8. The molecule has 0 saturated heterocycles. The van der Waals surface area contributed by atoms with Crippen LogP contribution < -0.4 is 0 Å². The molecule has 34 heavy (non-hydrogen) atoms. The smallest absolute Gasteiger partial charge is 0.178 e. The maximum Gasteiger partial charge on any atom is 0.178 e. The van der Waals surface area contributed by atoms with Crippen LogP contribution in [0.5, 0.6) is 0 Å². The van der Waals surface area contributed by atoms with Crippen LogP contribution in [0.2, 0.25) is 0 Å². The minimum Gasteiger partial charge on any atom is -0.387 e. The highest BCUT2D eigenvalue weighted by Gasteiger charge is 2.68. The third-order valence-corrected chi connectivity index (χ3v) is 11.2. The first-order valence-corrected chi connectivity index (χ1v) is 15.0. The lowest BCUT2D eigenvalue weighted by Gasteiger charge is -2.45. The lowest BCUT2D eigenvalue weighted by molar-refractivity contribution is -0.128. The van der Waals surface area contributed by atoms with Crippen molar-refractivity contribution in [3.63, 3.8) is 0 Å². The van der Waals surface area contributed by atoms with Gasteiger partial charge in [0.1, 0.15) is 4.90 Å². The second-order valence-corrected chi connectivity index (χ2v) is 13.9. The summed E-state index contributed by atoms with van der Waals surface area (Å²) >= 11 is 0. The quantitative estimate of drug-likeness (QED) is 0.595. The molecule has 4 fully saturated rings. The molecule has 0 spiro atoms. The summed E-state index contributed by atoms with van der Waals surface area (Å²) in [7, 11) is -1.59. The Balaban J connectivity index is 1.22. The Morgan fingerprint density at radius 2 is 1.88 bits per heavy atom. The van der Waals surface area contributed by atoms with E-state index in [1.165, 1.54) is 42.8 Å². The van der Waals surface area contributed by atoms with E-state index in [9.17, 15) is 18.3 Å². The van der Waals surface area contributed by atoms with Crippen LogP contribution in [-0.4, -0.2) is 54.2 Å². The van der Waals surface area contributed by atoms with Gasteiger partial charge in [0.25, 0.3) is 0 Å². The Bertz CT molecular complexity index is 1040. The molecule has 4 aliphatic rings. The summed E-state index contributed by atoms with van der Waals surface area (Å²) in [6, 6.07) is 0. The first-order chi connectivity index (χ1) is 16.1. The van der Waals surface area contributed by atoms with Crippen molar-refractivity contribution < 1.29 is 23.1 Å². The van der Waals surface area contributed by atoms with Crippen molar-refractivity contribution in [3.8, 4) is 0 Å². The standard InChI is InChI=1S/C26H40N2O5S/c1-25-12-4-6-17(8-9-18-7-5-13-26(30)23(18)24(26)33-2)20(25)10-11-21(25)22(29)16-28-15-19(14-27-28)34(3,31)32/h14-15,17-18,20-21,23-24,30H,4-13,16H2,1-3H3. The number of carbonyl (C=O) groups is 1. The van der Waals surface area contributed by atoms with Crippen LogP contribution in [0.1, 0.15) is 71.1 Å². The molecule has 0 radical (unpaired) electrons. The van der Waals surface area contributed by atoms with Gasteiger partial charge in [-0.3, -0.25) is 9.48 Å². The number of ether oxygens (including phenoxy) is 1. The molecule has 190 valence electrons. The second-order valence-electron chi connectivity index (χ2n) is 11.9. The zero-order chi connectivity index (χ0) is 24.3. The average molecular weight is 493 g/mol. The molecule has 0 amide bonds. The van der Waals surface area contributed by atoms with E-state index in [4.69, 9.17) is 4.74 Å². The maximum absolute atomic E-state index is 13.3. The van der Waals surface area contributed by atoms with E-state index in [1.54, 1.807) is 7.11 Å². The molecule has 8 atom stereocenters. The number of aliphatic hydroxyl groups is 1. The van der Waals surface area contributed by atoms with Crippen molar-refractivity contribution in [1.29, 1.82) is 0 Å². The number of hydrogen-bond donors (Lipinski definition) is 1. The highest BCUT2D eigenvalue weighted by atomic mass is 32.2. The largest absolute Gasteiger partial charge is 0.387 e. The van der Waals surface area contributed by atoms with Crippen molar-refractivity contribution in [1.82, 2.24) is 9.78 Å². The maximum atomic E-state index is 13.3. The Labute approximate surface area is 203 Å². The third kappa shape index (κ3) is 4.07. The SMILES string of the molecule is COC1C2C(CCC3CCCC4(C)C(C(=O)Cn5cc(S(C)(=O)=O)cn5)CCC34)CCCC12O. The number of carbonyl (C=O) groups excluding carboxylic acids is 1. The van der Waals surface area contributed by atoms with Gasteiger partial charge in [-0.1, -0.05) is 26.2 Å². The van der Waals surface area contributed by atoms with Crippen molar-refractivity contribution >= 4 is 15.6 Å². The minimum absolute atomic E-state index is 0.0206. The molecular formula is C26H40N2O5S. The van der Waals surface area contributed by atoms with Gasteiger partial charge in [-0.25, -0.2) is 8.42 Å². The summed E-state index contributed by atoms with van der Waals surface area (Å²) in [5, 5.41) is 15.0. The van der Waals surface area contributed by atoms with Crippen LogP contribution >= 0.6 is 0 Å². The topological polar surface area (TPSA) is 98.5 Å². The molecule has 1 aromatic heterocycles. The van der Waals surface area contributed by atoms with Crippen molar-refractivity contribution in [3.05, 3.63) is 12.4 Å². The lowest BCUT2D eigenvalue weighted by Crippen LogP contribution is -2.40. The molecule has 7 nitrogen and oxygen atoms in total. The molecule has 1 N–H and O–H groups in total. The van der Waals surface area contributed by atoms with Crippen molar-refractivity contribution in [2.75, 3.05) is 13.4 Å². The second kappa shape index (κ2) is 8.70. The summed E-state index contributed by atoms with van der Waals surface area (Å²) in [4.78, 5) is 13.5. The summed E-state index contributed by atoms with van der Waals surface area (Å²) in [5.41, 5.74) is -0.554. The fourth-order valence-electron chi connectivity index (χ4n) is 8.42. The fraction of sp³-hybridized carbons (Fsp3) is 0.846. The molecule has 4 saturated carbocycles.